The fraction of sp³-hybridized carbons (Fsp3) is 0.643. The predicted octanol–water partition coefficient (Wildman–Crippen LogP) is -0.912. The van der Waals surface area contributed by atoms with E-state index in [0.29, 0.717) is 26.2 Å². The van der Waals surface area contributed by atoms with E-state index in [1.807, 2.05) is 17.7 Å². The number of hydrogen-bond donors (Lipinski definition) is 1. The van der Waals surface area contributed by atoms with Gasteiger partial charge in [-0.15, -0.1) is 0 Å². The van der Waals surface area contributed by atoms with Gasteiger partial charge in [-0.05, 0) is 0 Å². The minimum absolute atomic E-state index is 0.0376. The Morgan fingerprint density at radius 3 is 3.10 bits per heavy atom. The number of imidazole rings is 1. The fourth-order valence-electron chi connectivity index (χ4n) is 3.05. The van der Waals surface area contributed by atoms with Gasteiger partial charge in [0.05, 0.1) is 0 Å². The molecule has 2 saturated heterocycles. The Kier molecular flexibility index (Phi) is 3.92. The third-order valence-corrected chi connectivity index (χ3v) is 4.27. The van der Waals surface area contributed by atoms with Crippen LogP contribution in [0.4, 0.5) is 0 Å². The maximum Gasteiger partial charge on any atom is 0.242 e. The van der Waals surface area contributed by atoms with Crippen LogP contribution in [0.25, 0.3) is 0 Å². The molecule has 0 unspecified atom stereocenters. The standard InChI is InChI=1S/C14H21N5O2/c1-2-12-15-3-6-18(12)10-13(20)19-8-7-17-5-4-16-14(21)11(17)9-19/h3,6,11H,2,4-5,7-10H2,1H3,(H,16,21)/t11-/m0/s1. The second kappa shape index (κ2) is 5.85. The van der Waals surface area contributed by atoms with E-state index in [0.717, 1.165) is 25.3 Å². The molecule has 0 aliphatic carbocycles. The van der Waals surface area contributed by atoms with Crippen LogP contribution in [0.2, 0.25) is 0 Å². The summed E-state index contributed by atoms with van der Waals surface area (Å²) in [5.74, 6) is 1.01. The second-order valence-corrected chi connectivity index (χ2v) is 5.51. The summed E-state index contributed by atoms with van der Waals surface area (Å²) >= 11 is 0. The van der Waals surface area contributed by atoms with Crippen molar-refractivity contribution >= 4 is 11.8 Å². The van der Waals surface area contributed by atoms with Crippen LogP contribution in [-0.2, 0) is 22.6 Å². The van der Waals surface area contributed by atoms with Gasteiger partial charge >= 0.3 is 0 Å². The molecule has 2 aliphatic rings. The number of carbonyl (C=O) groups is 2. The molecule has 0 spiro atoms. The first-order valence-electron chi connectivity index (χ1n) is 7.48. The van der Waals surface area contributed by atoms with Crippen molar-refractivity contribution in [3.63, 3.8) is 0 Å². The molecule has 7 heteroatoms. The smallest absolute Gasteiger partial charge is 0.242 e. The van der Waals surface area contributed by atoms with Gasteiger partial charge in [0.15, 0.2) is 0 Å². The third kappa shape index (κ3) is 2.78. The summed E-state index contributed by atoms with van der Waals surface area (Å²) in [5.41, 5.74) is 0. The molecule has 1 aromatic rings. The molecule has 2 fully saturated rings. The van der Waals surface area contributed by atoms with E-state index in [1.54, 1.807) is 11.1 Å². The maximum atomic E-state index is 12.4. The topological polar surface area (TPSA) is 70.5 Å². The van der Waals surface area contributed by atoms with Crippen molar-refractivity contribution in [2.75, 3.05) is 32.7 Å². The molecule has 2 aliphatic heterocycles. The molecule has 0 radical (unpaired) electrons. The maximum absolute atomic E-state index is 12.4. The van der Waals surface area contributed by atoms with Crippen molar-refractivity contribution in [3.8, 4) is 0 Å². The van der Waals surface area contributed by atoms with Crippen molar-refractivity contribution in [1.29, 1.82) is 0 Å². The summed E-state index contributed by atoms with van der Waals surface area (Å²) < 4.78 is 1.88. The van der Waals surface area contributed by atoms with Crippen LogP contribution in [0.1, 0.15) is 12.7 Å². The lowest BCUT2D eigenvalue weighted by molar-refractivity contribution is -0.140. The molecule has 3 heterocycles. The average molecular weight is 291 g/mol. The zero-order chi connectivity index (χ0) is 14.8. The highest BCUT2D eigenvalue weighted by molar-refractivity contribution is 5.84. The molecule has 0 bridgehead atoms. The zero-order valence-corrected chi connectivity index (χ0v) is 12.3. The lowest BCUT2D eigenvalue weighted by atomic mass is 10.1. The second-order valence-electron chi connectivity index (χ2n) is 5.51. The van der Waals surface area contributed by atoms with Gasteiger partial charge in [-0.25, -0.2) is 4.98 Å². The molecule has 0 aromatic carbocycles. The molecule has 2 amide bonds. The normalized spacial score (nSPS) is 22.8. The highest BCUT2D eigenvalue weighted by Gasteiger charge is 2.36. The Morgan fingerprint density at radius 1 is 1.43 bits per heavy atom. The van der Waals surface area contributed by atoms with E-state index in [4.69, 9.17) is 0 Å². The summed E-state index contributed by atoms with van der Waals surface area (Å²) in [6.45, 7) is 5.86. The molecule has 3 rings (SSSR count). The third-order valence-electron chi connectivity index (χ3n) is 4.27. The van der Waals surface area contributed by atoms with Crippen molar-refractivity contribution in [3.05, 3.63) is 18.2 Å². The van der Waals surface area contributed by atoms with E-state index in [9.17, 15) is 9.59 Å². The van der Waals surface area contributed by atoms with Crippen LogP contribution in [-0.4, -0.2) is 69.9 Å². The van der Waals surface area contributed by atoms with Crippen molar-refractivity contribution in [1.82, 2.24) is 24.7 Å². The predicted molar refractivity (Wildman–Crippen MR) is 76.6 cm³/mol. The highest BCUT2D eigenvalue weighted by atomic mass is 16.2. The number of aromatic nitrogens is 2. The van der Waals surface area contributed by atoms with Gasteiger partial charge in [0, 0.05) is 51.5 Å². The highest BCUT2D eigenvalue weighted by Crippen LogP contribution is 2.13. The number of nitrogens with one attached hydrogen (secondary N) is 1. The molecule has 1 atom stereocenters. The number of carbonyl (C=O) groups excluding carboxylic acids is 2. The fourth-order valence-corrected chi connectivity index (χ4v) is 3.05. The first kappa shape index (κ1) is 14.1. The number of aryl methyl sites for hydroxylation is 1. The van der Waals surface area contributed by atoms with Gasteiger partial charge < -0.3 is 14.8 Å². The van der Waals surface area contributed by atoms with Gasteiger partial charge in [-0.3, -0.25) is 14.5 Å². The molecule has 0 saturated carbocycles. The number of fused-ring (bicyclic) bond motifs is 1. The Hall–Kier alpha value is -1.89. The summed E-state index contributed by atoms with van der Waals surface area (Å²) in [7, 11) is 0. The van der Waals surface area contributed by atoms with Crippen LogP contribution < -0.4 is 5.32 Å². The van der Waals surface area contributed by atoms with Crippen molar-refractivity contribution in [2.45, 2.75) is 25.9 Å². The molecule has 1 aromatic heterocycles. The SMILES string of the molecule is CCc1nccn1CC(=O)N1CCN2CCNC(=O)[C@@H]2C1. The van der Waals surface area contributed by atoms with Crippen molar-refractivity contribution < 1.29 is 9.59 Å². The van der Waals surface area contributed by atoms with Gasteiger partial charge in [-0.2, -0.15) is 0 Å². The van der Waals surface area contributed by atoms with E-state index >= 15 is 0 Å². The quantitative estimate of drug-likeness (QED) is 0.782. The van der Waals surface area contributed by atoms with Crippen LogP contribution in [0.15, 0.2) is 12.4 Å². The van der Waals surface area contributed by atoms with E-state index in [2.05, 4.69) is 15.2 Å². The summed E-state index contributed by atoms with van der Waals surface area (Å²) in [4.78, 5) is 32.5. The van der Waals surface area contributed by atoms with Gasteiger partial charge in [0.25, 0.3) is 0 Å². The van der Waals surface area contributed by atoms with Gasteiger partial charge in [0.1, 0.15) is 18.4 Å². The summed E-state index contributed by atoms with van der Waals surface area (Å²) in [6.07, 6.45) is 4.36. The monoisotopic (exact) mass is 291 g/mol. The van der Waals surface area contributed by atoms with Crippen LogP contribution in [0, 0.1) is 0 Å². The summed E-state index contributed by atoms with van der Waals surface area (Å²) in [5, 5.41) is 2.87. The van der Waals surface area contributed by atoms with Crippen molar-refractivity contribution in [2.24, 2.45) is 0 Å². The number of hydrogen-bond acceptors (Lipinski definition) is 4. The Bertz CT molecular complexity index is 541. The minimum Gasteiger partial charge on any atom is -0.353 e. The van der Waals surface area contributed by atoms with Gasteiger partial charge in [-0.1, -0.05) is 6.92 Å². The number of nitrogens with zero attached hydrogens (tertiary/aromatic N) is 4. The van der Waals surface area contributed by atoms with Crippen LogP contribution in [0.5, 0.6) is 0 Å². The molecule has 7 nitrogen and oxygen atoms in total. The van der Waals surface area contributed by atoms with E-state index < -0.39 is 0 Å². The average Bonchev–Trinajstić information content (AvgIpc) is 2.94. The first-order chi connectivity index (χ1) is 10.2. The largest absolute Gasteiger partial charge is 0.353 e. The molecule has 114 valence electrons. The Morgan fingerprint density at radius 2 is 2.29 bits per heavy atom. The number of rotatable bonds is 3. The minimum atomic E-state index is -0.190. The lowest BCUT2D eigenvalue weighted by Gasteiger charge is -2.43. The van der Waals surface area contributed by atoms with Crippen LogP contribution in [0.3, 0.4) is 0 Å². The Balaban J connectivity index is 1.64. The van der Waals surface area contributed by atoms with Gasteiger partial charge in [0.2, 0.25) is 11.8 Å². The lowest BCUT2D eigenvalue weighted by Crippen LogP contribution is -2.64. The zero-order valence-electron chi connectivity index (χ0n) is 12.3. The Labute approximate surface area is 123 Å². The molecule has 1 N–H and O–H groups in total. The first-order valence-corrected chi connectivity index (χ1v) is 7.48. The van der Waals surface area contributed by atoms with E-state index in [-0.39, 0.29) is 17.9 Å². The van der Waals surface area contributed by atoms with Crippen LogP contribution >= 0.6 is 0 Å². The number of amides is 2. The van der Waals surface area contributed by atoms with E-state index in [1.165, 1.54) is 0 Å². The molecular weight excluding hydrogens is 270 g/mol. The number of piperazine rings is 2. The molecule has 21 heavy (non-hydrogen) atoms. The molecular formula is C14H21N5O2. The summed E-state index contributed by atoms with van der Waals surface area (Å²) in [6, 6.07) is -0.190.